The van der Waals surface area contributed by atoms with E-state index in [0.29, 0.717) is 16.9 Å². The summed E-state index contributed by atoms with van der Waals surface area (Å²) in [6, 6.07) is 2.90. The van der Waals surface area contributed by atoms with Gasteiger partial charge in [-0.2, -0.15) is 5.10 Å². The van der Waals surface area contributed by atoms with Gasteiger partial charge in [-0.15, -0.1) is 0 Å². The highest BCUT2D eigenvalue weighted by molar-refractivity contribution is 6.04. The van der Waals surface area contributed by atoms with Gasteiger partial charge in [0, 0.05) is 24.9 Å². The fraction of sp³-hybridized carbons (Fsp3) is 0.250. The first kappa shape index (κ1) is 12.1. The van der Waals surface area contributed by atoms with E-state index in [0.717, 1.165) is 5.69 Å². The molecule has 0 bridgehead atoms. The zero-order valence-corrected chi connectivity index (χ0v) is 10.4. The third-order valence-electron chi connectivity index (χ3n) is 2.73. The Morgan fingerprint density at radius 2 is 2.17 bits per heavy atom. The number of H-pyrrole nitrogens is 1. The van der Waals surface area contributed by atoms with Gasteiger partial charge in [-0.05, 0) is 19.9 Å². The number of amides is 1. The van der Waals surface area contributed by atoms with Crippen LogP contribution in [-0.2, 0) is 7.05 Å². The molecule has 6 heteroatoms. The summed E-state index contributed by atoms with van der Waals surface area (Å²) in [6.45, 7) is 3.61. The van der Waals surface area contributed by atoms with Gasteiger partial charge in [-0.1, -0.05) is 0 Å². The topological polar surface area (TPSA) is 79.8 Å². The monoisotopic (exact) mass is 246 g/mol. The zero-order chi connectivity index (χ0) is 13.3. The molecule has 1 amide bonds. The minimum Gasteiger partial charge on any atom is -0.319 e. The van der Waals surface area contributed by atoms with E-state index in [1.54, 1.807) is 26.2 Å². The Morgan fingerprint density at radius 1 is 1.44 bits per heavy atom. The number of hydrogen-bond donors (Lipinski definition) is 2. The lowest BCUT2D eigenvalue weighted by Gasteiger charge is -2.05. The van der Waals surface area contributed by atoms with Crippen molar-refractivity contribution in [3.05, 3.63) is 45.6 Å². The first-order chi connectivity index (χ1) is 8.49. The zero-order valence-electron chi connectivity index (χ0n) is 10.4. The number of carbonyl (C=O) groups is 1. The molecule has 0 aliphatic rings. The maximum absolute atomic E-state index is 12.0. The lowest BCUT2D eigenvalue weighted by atomic mass is 10.2. The number of anilines is 1. The van der Waals surface area contributed by atoms with E-state index in [1.165, 1.54) is 10.6 Å². The lowest BCUT2D eigenvalue weighted by molar-refractivity contribution is 0.102. The minimum absolute atomic E-state index is 0.219. The van der Waals surface area contributed by atoms with Gasteiger partial charge in [0.25, 0.3) is 11.5 Å². The number of nitrogens with zero attached hydrogens (tertiary/aromatic N) is 2. The second kappa shape index (κ2) is 4.48. The fourth-order valence-corrected chi connectivity index (χ4v) is 1.61. The number of aromatic nitrogens is 3. The van der Waals surface area contributed by atoms with Gasteiger partial charge in [-0.25, -0.2) is 0 Å². The van der Waals surface area contributed by atoms with E-state index < -0.39 is 0 Å². The molecular weight excluding hydrogens is 232 g/mol. The molecule has 18 heavy (non-hydrogen) atoms. The van der Waals surface area contributed by atoms with E-state index in [-0.39, 0.29) is 11.5 Å². The van der Waals surface area contributed by atoms with Crippen molar-refractivity contribution in [2.24, 2.45) is 7.05 Å². The lowest BCUT2D eigenvalue weighted by Crippen LogP contribution is -2.20. The van der Waals surface area contributed by atoms with Crippen LogP contribution in [0.4, 0.5) is 5.69 Å². The summed E-state index contributed by atoms with van der Waals surface area (Å²) in [7, 11) is 1.63. The summed E-state index contributed by atoms with van der Waals surface area (Å²) in [5.74, 6) is -0.319. The van der Waals surface area contributed by atoms with Crippen LogP contribution < -0.4 is 10.9 Å². The largest absolute Gasteiger partial charge is 0.319 e. The maximum Gasteiger partial charge on any atom is 0.256 e. The summed E-state index contributed by atoms with van der Waals surface area (Å²) in [5, 5.41) is 9.51. The second-order valence-electron chi connectivity index (χ2n) is 4.13. The highest BCUT2D eigenvalue weighted by Gasteiger charge is 2.12. The third-order valence-corrected chi connectivity index (χ3v) is 2.73. The van der Waals surface area contributed by atoms with Crippen molar-refractivity contribution >= 4 is 11.6 Å². The van der Waals surface area contributed by atoms with Crippen molar-refractivity contribution in [2.75, 3.05) is 5.32 Å². The first-order valence-electron chi connectivity index (χ1n) is 5.48. The number of rotatable bonds is 2. The van der Waals surface area contributed by atoms with Crippen molar-refractivity contribution in [1.29, 1.82) is 0 Å². The Balaban J connectivity index is 2.28. The Hall–Kier alpha value is -2.37. The molecule has 0 fully saturated rings. The molecular formula is C12H14N4O2. The van der Waals surface area contributed by atoms with Gasteiger partial charge >= 0.3 is 0 Å². The Labute approximate surface area is 104 Å². The minimum atomic E-state index is -0.319. The predicted molar refractivity (Wildman–Crippen MR) is 67.7 cm³/mol. The Morgan fingerprint density at radius 3 is 2.72 bits per heavy atom. The van der Waals surface area contributed by atoms with Crippen molar-refractivity contribution in [1.82, 2.24) is 14.8 Å². The van der Waals surface area contributed by atoms with Gasteiger partial charge in [0.2, 0.25) is 0 Å². The van der Waals surface area contributed by atoms with Crippen molar-refractivity contribution in [3.63, 3.8) is 0 Å². The van der Waals surface area contributed by atoms with Crippen LogP contribution in [0.2, 0.25) is 0 Å². The van der Waals surface area contributed by atoms with Crippen molar-refractivity contribution in [3.8, 4) is 0 Å². The van der Waals surface area contributed by atoms with Crippen LogP contribution in [0.1, 0.15) is 21.7 Å². The average molecular weight is 246 g/mol. The van der Waals surface area contributed by atoms with Crippen LogP contribution in [0.15, 0.2) is 23.1 Å². The highest BCUT2D eigenvalue weighted by atomic mass is 16.2. The molecule has 0 radical (unpaired) electrons. The van der Waals surface area contributed by atoms with Crippen molar-refractivity contribution in [2.45, 2.75) is 13.8 Å². The first-order valence-corrected chi connectivity index (χ1v) is 5.48. The summed E-state index contributed by atoms with van der Waals surface area (Å²) in [4.78, 5) is 23.4. The fourth-order valence-electron chi connectivity index (χ4n) is 1.61. The molecule has 94 valence electrons. The molecule has 2 aromatic heterocycles. The number of pyridine rings is 1. The summed E-state index contributed by atoms with van der Waals surface area (Å²) >= 11 is 0. The van der Waals surface area contributed by atoms with Gasteiger partial charge in [0.1, 0.15) is 0 Å². The number of aromatic amines is 1. The van der Waals surface area contributed by atoms with E-state index >= 15 is 0 Å². The molecule has 6 nitrogen and oxygen atoms in total. The van der Waals surface area contributed by atoms with E-state index in [1.807, 2.05) is 6.92 Å². The number of aryl methyl sites for hydroxylation is 3. The van der Waals surface area contributed by atoms with Crippen molar-refractivity contribution < 1.29 is 4.79 Å². The molecule has 0 saturated carbocycles. The van der Waals surface area contributed by atoms with E-state index in [4.69, 9.17) is 0 Å². The average Bonchev–Trinajstić information content (AvgIpc) is 2.64. The molecule has 0 aromatic carbocycles. The molecule has 0 atom stereocenters. The smallest absolute Gasteiger partial charge is 0.256 e. The molecule has 0 saturated heterocycles. The molecule has 0 aliphatic carbocycles. The summed E-state index contributed by atoms with van der Waals surface area (Å²) < 4.78 is 1.41. The normalized spacial score (nSPS) is 10.4. The SMILES string of the molecule is Cc1n[nH]c(C)c1NC(=O)c1ccn(C)c(=O)c1. The van der Waals surface area contributed by atoms with Crippen LogP contribution in [0, 0.1) is 13.8 Å². The molecule has 2 N–H and O–H groups in total. The highest BCUT2D eigenvalue weighted by Crippen LogP contribution is 2.16. The second-order valence-corrected chi connectivity index (χ2v) is 4.13. The molecule has 0 aliphatic heterocycles. The van der Waals surface area contributed by atoms with Gasteiger partial charge < -0.3 is 9.88 Å². The molecule has 0 spiro atoms. The molecule has 2 rings (SSSR count). The van der Waals surface area contributed by atoms with Crippen LogP contribution >= 0.6 is 0 Å². The molecule has 2 aromatic rings. The maximum atomic E-state index is 12.0. The standard InChI is InChI=1S/C12H14N4O2/c1-7-11(8(2)15-14-7)13-12(18)9-4-5-16(3)10(17)6-9/h4-6H,1-3H3,(H,13,18)(H,14,15). The van der Waals surface area contributed by atoms with Gasteiger partial charge in [0.15, 0.2) is 0 Å². The van der Waals surface area contributed by atoms with Crippen LogP contribution in [0.3, 0.4) is 0 Å². The number of hydrogen-bond acceptors (Lipinski definition) is 3. The third kappa shape index (κ3) is 2.17. The van der Waals surface area contributed by atoms with Gasteiger partial charge in [0.05, 0.1) is 17.1 Å². The predicted octanol–water partition coefficient (Wildman–Crippen LogP) is 0.978. The quantitative estimate of drug-likeness (QED) is 0.828. The Kier molecular flexibility index (Phi) is 3.01. The van der Waals surface area contributed by atoms with Crippen LogP contribution in [0.5, 0.6) is 0 Å². The number of nitrogens with one attached hydrogen (secondary N) is 2. The van der Waals surface area contributed by atoms with E-state index in [2.05, 4.69) is 15.5 Å². The van der Waals surface area contributed by atoms with Crippen LogP contribution in [-0.4, -0.2) is 20.7 Å². The number of carbonyl (C=O) groups excluding carboxylic acids is 1. The van der Waals surface area contributed by atoms with Crippen LogP contribution in [0.25, 0.3) is 0 Å². The molecule has 0 unspecified atom stereocenters. The summed E-state index contributed by atoms with van der Waals surface area (Å²) in [6.07, 6.45) is 1.56. The van der Waals surface area contributed by atoms with E-state index in [9.17, 15) is 9.59 Å². The Bertz CT molecular complexity index is 635. The summed E-state index contributed by atoms with van der Waals surface area (Å²) in [5.41, 5.74) is 2.26. The van der Waals surface area contributed by atoms with Gasteiger partial charge in [-0.3, -0.25) is 14.7 Å². The molecule has 2 heterocycles.